The van der Waals surface area contributed by atoms with E-state index in [0.717, 1.165) is 18.4 Å². The van der Waals surface area contributed by atoms with Crippen LogP contribution in [0.5, 0.6) is 11.6 Å². The summed E-state index contributed by atoms with van der Waals surface area (Å²) in [6, 6.07) is 12.0. The van der Waals surface area contributed by atoms with E-state index in [1.165, 1.54) is 15.9 Å². The fourth-order valence-corrected chi connectivity index (χ4v) is 5.53. The molecule has 2 aromatic carbocycles. The maximum absolute atomic E-state index is 15.1. The van der Waals surface area contributed by atoms with Gasteiger partial charge in [-0.05, 0) is 62.1 Å². The van der Waals surface area contributed by atoms with Crippen LogP contribution in [0.15, 0.2) is 54.9 Å². The molecule has 210 valence electrons. The number of carbonyl (C=O) groups excluding carboxylic acids is 1. The van der Waals surface area contributed by atoms with Crippen LogP contribution in [0.4, 0.5) is 20.8 Å². The fourth-order valence-electron chi connectivity index (χ4n) is 5.53. The number of rotatable bonds is 6. The van der Waals surface area contributed by atoms with Crippen LogP contribution in [0.1, 0.15) is 31.2 Å². The Bertz CT molecular complexity index is 1650. The van der Waals surface area contributed by atoms with E-state index in [1.54, 1.807) is 30.6 Å². The number of nitrogens with one attached hydrogen (secondary N) is 1. The lowest BCUT2D eigenvalue weighted by Gasteiger charge is -2.31. The molecule has 2 aliphatic heterocycles. The number of ether oxygens (including phenoxy) is 1. The summed E-state index contributed by atoms with van der Waals surface area (Å²) in [5, 5.41) is 13.9. The Morgan fingerprint density at radius 3 is 2.73 bits per heavy atom. The number of carboxylic acid groups (broad SMARTS) is 1. The fraction of sp³-hybridized carbons (Fsp3) is 0.300. The summed E-state index contributed by atoms with van der Waals surface area (Å²) in [7, 11) is 0. The predicted octanol–water partition coefficient (Wildman–Crippen LogP) is 5.61. The highest BCUT2D eigenvalue weighted by atomic mass is 19.1. The van der Waals surface area contributed by atoms with Gasteiger partial charge in [-0.1, -0.05) is 12.1 Å². The smallest absolute Gasteiger partial charge is 0.407 e. The number of nitrogens with zero attached hydrogens (tertiary/aromatic N) is 5. The minimum absolute atomic E-state index is 0.0940. The molecule has 2 saturated heterocycles. The van der Waals surface area contributed by atoms with Crippen molar-refractivity contribution in [2.24, 2.45) is 0 Å². The summed E-state index contributed by atoms with van der Waals surface area (Å²) in [5.41, 5.74) is 2.29. The Kier molecular flexibility index (Phi) is 7.08. The van der Waals surface area contributed by atoms with Gasteiger partial charge < -0.3 is 25.0 Å². The number of aryl methyl sites for hydroxylation is 1. The molecule has 0 aliphatic carbocycles. The number of likely N-dealkylation sites (tertiary alicyclic amines) is 1. The van der Waals surface area contributed by atoms with Gasteiger partial charge in [0, 0.05) is 55.3 Å². The lowest BCUT2D eigenvalue weighted by Crippen LogP contribution is -2.44. The molecule has 2 fully saturated rings. The topological polar surface area (TPSA) is 121 Å². The zero-order valence-electron chi connectivity index (χ0n) is 22.5. The molecule has 1 unspecified atom stereocenters. The van der Waals surface area contributed by atoms with E-state index < -0.39 is 11.9 Å². The number of fused-ring (bicyclic) bond motifs is 1. The van der Waals surface area contributed by atoms with E-state index in [1.807, 2.05) is 25.1 Å². The molecule has 41 heavy (non-hydrogen) atoms. The molecule has 10 nitrogen and oxygen atoms in total. The van der Waals surface area contributed by atoms with Crippen molar-refractivity contribution in [2.75, 3.05) is 29.9 Å². The first-order chi connectivity index (χ1) is 19.9. The number of amides is 2. The average molecular weight is 557 g/mol. The van der Waals surface area contributed by atoms with E-state index in [2.05, 4.69) is 20.3 Å². The van der Waals surface area contributed by atoms with Gasteiger partial charge in [0.05, 0.1) is 16.9 Å². The van der Waals surface area contributed by atoms with E-state index in [0.29, 0.717) is 72.1 Å². The number of halogens is 1. The Hall–Kier alpha value is -4.80. The summed E-state index contributed by atoms with van der Waals surface area (Å²) in [6.07, 6.45) is 4.97. The van der Waals surface area contributed by atoms with Gasteiger partial charge in [-0.25, -0.2) is 24.1 Å². The molecule has 4 heterocycles. The highest BCUT2D eigenvalue weighted by Crippen LogP contribution is 2.41. The first-order valence-corrected chi connectivity index (χ1v) is 13.6. The molecule has 2 aromatic heterocycles. The van der Waals surface area contributed by atoms with Crippen molar-refractivity contribution < 1.29 is 23.8 Å². The van der Waals surface area contributed by atoms with Crippen molar-refractivity contribution in [1.29, 1.82) is 0 Å². The van der Waals surface area contributed by atoms with Crippen LogP contribution in [-0.2, 0) is 4.79 Å². The van der Waals surface area contributed by atoms with Crippen molar-refractivity contribution in [2.45, 2.75) is 38.6 Å². The van der Waals surface area contributed by atoms with E-state index >= 15 is 4.39 Å². The molecule has 0 bridgehead atoms. The number of aromatic nitrogens is 3. The van der Waals surface area contributed by atoms with Crippen LogP contribution < -0.4 is 15.0 Å². The molecule has 4 aromatic rings. The monoisotopic (exact) mass is 556 g/mol. The quantitative estimate of drug-likeness (QED) is 0.314. The Morgan fingerprint density at radius 1 is 1.07 bits per heavy atom. The zero-order valence-corrected chi connectivity index (χ0v) is 22.5. The summed E-state index contributed by atoms with van der Waals surface area (Å²) < 4.78 is 21.5. The number of hydrogen-bond donors (Lipinski definition) is 2. The highest BCUT2D eigenvalue weighted by molar-refractivity contribution is 6.07. The predicted molar refractivity (Wildman–Crippen MR) is 152 cm³/mol. The minimum atomic E-state index is -0.936. The third-order valence-corrected chi connectivity index (χ3v) is 7.54. The van der Waals surface area contributed by atoms with Crippen LogP contribution in [-0.4, -0.2) is 62.6 Å². The first-order valence-electron chi connectivity index (χ1n) is 13.6. The molecular weight excluding hydrogens is 527 g/mol. The SMILES string of the molecule is Cc1ccc2c(N3CCCC3=O)c(F)ccc2c1Oc1ncccc1-c1ccnc(NC2CCCN(C(=O)O)C2)n1. The summed E-state index contributed by atoms with van der Waals surface area (Å²) in [5.74, 6) is 0.658. The molecule has 2 amide bonds. The van der Waals surface area contributed by atoms with Crippen LogP contribution in [0, 0.1) is 12.7 Å². The van der Waals surface area contributed by atoms with Gasteiger partial charge in [-0.2, -0.15) is 0 Å². The Morgan fingerprint density at radius 2 is 1.93 bits per heavy atom. The molecule has 2 aliphatic rings. The third kappa shape index (κ3) is 5.22. The molecule has 6 rings (SSSR count). The standard InChI is InChI=1S/C30H29FN6O4/c1-18-8-9-20-21(10-11-23(31)26(20)37-16-4-7-25(37)38)27(18)41-28-22(6-2-13-32-28)24-12-14-33-29(35-24)34-19-5-3-15-36(17-19)30(39)40/h2,6,8-14,19H,3-5,7,15-17H2,1H3,(H,39,40)(H,33,34,35). The molecule has 0 spiro atoms. The van der Waals surface area contributed by atoms with Crippen molar-refractivity contribution in [3.05, 3.63) is 66.2 Å². The van der Waals surface area contributed by atoms with E-state index in [4.69, 9.17) is 4.74 Å². The van der Waals surface area contributed by atoms with Gasteiger partial charge in [0.15, 0.2) is 0 Å². The van der Waals surface area contributed by atoms with E-state index in [9.17, 15) is 14.7 Å². The lowest BCUT2D eigenvalue weighted by atomic mass is 10.0. The third-order valence-electron chi connectivity index (χ3n) is 7.54. The van der Waals surface area contributed by atoms with Crippen LogP contribution in [0.2, 0.25) is 0 Å². The summed E-state index contributed by atoms with van der Waals surface area (Å²) >= 11 is 0. The summed E-state index contributed by atoms with van der Waals surface area (Å²) in [4.78, 5) is 40.3. The molecular formula is C30H29FN6O4. The Balaban J connectivity index is 1.33. The van der Waals surface area contributed by atoms with Gasteiger partial charge in [0.1, 0.15) is 11.6 Å². The van der Waals surface area contributed by atoms with Crippen LogP contribution >= 0.6 is 0 Å². The number of pyridine rings is 1. The second kappa shape index (κ2) is 11.0. The van der Waals surface area contributed by atoms with E-state index in [-0.39, 0.29) is 17.6 Å². The average Bonchev–Trinajstić information content (AvgIpc) is 3.40. The second-order valence-electron chi connectivity index (χ2n) is 10.3. The highest BCUT2D eigenvalue weighted by Gasteiger charge is 2.27. The largest absolute Gasteiger partial charge is 0.465 e. The first kappa shape index (κ1) is 26.4. The molecule has 11 heteroatoms. The van der Waals surface area contributed by atoms with Gasteiger partial charge >= 0.3 is 6.09 Å². The second-order valence-corrected chi connectivity index (χ2v) is 10.3. The van der Waals surface area contributed by atoms with Crippen LogP contribution in [0.3, 0.4) is 0 Å². The molecule has 0 radical (unpaired) electrons. The Labute approximate surface area is 235 Å². The molecule has 1 atom stereocenters. The van der Waals surface area contributed by atoms with Gasteiger partial charge in [-0.15, -0.1) is 0 Å². The molecule has 0 saturated carbocycles. The lowest BCUT2D eigenvalue weighted by molar-refractivity contribution is -0.117. The number of piperidine rings is 1. The minimum Gasteiger partial charge on any atom is -0.465 e. The number of benzene rings is 2. The maximum Gasteiger partial charge on any atom is 0.407 e. The van der Waals surface area contributed by atoms with Gasteiger partial charge in [0.2, 0.25) is 17.7 Å². The van der Waals surface area contributed by atoms with Crippen molar-refractivity contribution in [3.8, 4) is 22.9 Å². The normalized spacial score (nSPS) is 17.2. The molecule has 2 N–H and O–H groups in total. The van der Waals surface area contributed by atoms with Gasteiger partial charge in [-0.3, -0.25) is 4.79 Å². The van der Waals surface area contributed by atoms with Crippen molar-refractivity contribution in [3.63, 3.8) is 0 Å². The number of anilines is 2. The van der Waals surface area contributed by atoms with Gasteiger partial charge in [0.25, 0.3) is 0 Å². The number of hydrogen-bond acceptors (Lipinski definition) is 7. The maximum atomic E-state index is 15.1. The zero-order chi connectivity index (χ0) is 28.5. The number of carbonyl (C=O) groups is 2. The van der Waals surface area contributed by atoms with Crippen LogP contribution in [0.25, 0.3) is 22.0 Å². The van der Waals surface area contributed by atoms with Crippen molar-refractivity contribution in [1.82, 2.24) is 19.9 Å². The summed E-state index contributed by atoms with van der Waals surface area (Å²) in [6.45, 7) is 3.25. The van der Waals surface area contributed by atoms with Crippen molar-refractivity contribution >= 4 is 34.4 Å².